The van der Waals surface area contributed by atoms with E-state index in [4.69, 9.17) is 11.6 Å². The zero-order chi connectivity index (χ0) is 18.7. The zero-order valence-electron chi connectivity index (χ0n) is 16.0. The van der Waals surface area contributed by atoms with Crippen LogP contribution in [-0.4, -0.2) is 52.3 Å². The molecule has 1 unspecified atom stereocenters. The quantitative estimate of drug-likeness (QED) is 0.816. The number of para-hydroxylation sites is 1. The lowest BCUT2D eigenvalue weighted by Gasteiger charge is -2.31. The van der Waals surface area contributed by atoms with Gasteiger partial charge in [0.25, 0.3) is 5.91 Å². The van der Waals surface area contributed by atoms with Crippen molar-refractivity contribution in [1.29, 1.82) is 0 Å². The van der Waals surface area contributed by atoms with Crippen molar-refractivity contribution in [2.75, 3.05) is 26.7 Å². The molecule has 1 amide bonds. The molecular formula is C19H27Cl2N5O. The third kappa shape index (κ3) is 4.81. The summed E-state index contributed by atoms with van der Waals surface area (Å²) in [5.74, 6) is 1.49. The van der Waals surface area contributed by atoms with Crippen LogP contribution in [0.15, 0.2) is 24.3 Å². The average Bonchev–Trinajstić information content (AvgIpc) is 3.07. The van der Waals surface area contributed by atoms with E-state index in [1.165, 1.54) is 0 Å². The third-order valence-electron chi connectivity index (χ3n) is 4.72. The van der Waals surface area contributed by atoms with Crippen LogP contribution in [-0.2, 0) is 0 Å². The molecule has 0 bridgehead atoms. The van der Waals surface area contributed by atoms with Crippen LogP contribution in [0.25, 0.3) is 5.69 Å². The Morgan fingerprint density at radius 1 is 1.37 bits per heavy atom. The minimum atomic E-state index is -0.0986. The first-order valence-corrected chi connectivity index (χ1v) is 9.54. The molecular weight excluding hydrogens is 385 g/mol. The second-order valence-electron chi connectivity index (χ2n) is 7.13. The highest BCUT2D eigenvalue weighted by molar-refractivity contribution is 6.32. The van der Waals surface area contributed by atoms with Crippen molar-refractivity contribution in [1.82, 2.24) is 25.0 Å². The van der Waals surface area contributed by atoms with Gasteiger partial charge in [-0.3, -0.25) is 4.79 Å². The summed E-state index contributed by atoms with van der Waals surface area (Å²) in [5.41, 5.74) is 0.746. The smallest absolute Gasteiger partial charge is 0.293 e. The number of nitrogens with zero attached hydrogens (tertiary/aromatic N) is 4. The van der Waals surface area contributed by atoms with E-state index in [0.29, 0.717) is 10.9 Å². The third-order valence-corrected chi connectivity index (χ3v) is 5.04. The van der Waals surface area contributed by atoms with Crippen LogP contribution in [0.1, 0.15) is 49.1 Å². The van der Waals surface area contributed by atoms with E-state index in [1.54, 1.807) is 4.68 Å². The number of nitrogens with one attached hydrogen (secondary N) is 1. The van der Waals surface area contributed by atoms with E-state index in [0.717, 1.165) is 44.0 Å². The first-order chi connectivity index (χ1) is 12.5. The summed E-state index contributed by atoms with van der Waals surface area (Å²) in [6, 6.07) is 7.49. The molecule has 1 N–H and O–H groups in total. The molecule has 0 saturated carbocycles. The van der Waals surface area contributed by atoms with Gasteiger partial charge < -0.3 is 10.2 Å². The van der Waals surface area contributed by atoms with E-state index < -0.39 is 0 Å². The van der Waals surface area contributed by atoms with Gasteiger partial charge in [0.15, 0.2) is 0 Å². The fourth-order valence-electron chi connectivity index (χ4n) is 3.44. The lowest BCUT2D eigenvalue weighted by molar-refractivity contribution is 0.0662. The molecule has 0 aliphatic carbocycles. The molecule has 148 valence electrons. The Morgan fingerprint density at radius 2 is 2.11 bits per heavy atom. The van der Waals surface area contributed by atoms with Gasteiger partial charge >= 0.3 is 0 Å². The Labute approximate surface area is 171 Å². The van der Waals surface area contributed by atoms with Gasteiger partial charge in [0.1, 0.15) is 5.82 Å². The highest BCUT2D eigenvalue weighted by Gasteiger charge is 2.28. The number of hydrogen-bond donors (Lipinski definition) is 1. The first-order valence-electron chi connectivity index (χ1n) is 9.17. The fourth-order valence-corrected chi connectivity index (χ4v) is 3.65. The van der Waals surface area contributed by atoms with Crippen LogP contribution in [0.5, 0.6) is 0 Å². The number of rotatable bonds is 5. The topological polar surface area (TPSA) is 63.1 Å². The maximum atomic E-state index is 13.0. The number of amides is 1. The molecule has 3 rings (SSSR count). The Kier molecular flexibility index (Phi) is 7.65. The molecule has 1 aromatic heterocycles. The molecule has 1 saturated heterocycles. The van der Waals surface area contributed by atoms with Crippen LogP contribution in [0, 0.1) is 5.92 Å². The summed E-state index contributed by atoms with van der Waals surface area (Å²) in [7, 11) is 1.95. The minimum Gasteiger partial charge on any atom is -0.336 e. The maximum Gasteiger partial charge on any atom is 0.293 e. The summed E-state index contributed by atoms with van der Waals surface area (Å²) in [5, 5.41) is 8.32. The van der Waals surface area contributed by atoms with Gasteiger partial charge in [0, 0.05) is 19.0 Å². The van der Waals surface area contributed by atoms with Crippen LogP contribution in [0.2, 0.25) is 5.02 Å². The minimum absolute atomic E-state index is 0. The summed E-state index contributed by atoms with van der Waals surface area (Å²) in [4.78, 5) is 19.4. The van der Waals surface area contributed by atoms with Gasteiger partial charge in [-0.2, -0.15) is 0 Å². The number of carbonyl (C=O) groups excluding carboxylic acids is 1. The molecule has 1 aliphatic rings. The number of aromatic nitrogens is 3. The monoisotopic (exact) mass is 411 g/mol. The molecule has 2 heterocycles. The average molecular weight is 412 g/mol. The largest absolute Gasteiger partial charge is 0.336 e. The van der Waals surface area contributed by atoms with Gasteiger partial charge in [-0.15, -0.1) is 17.5 Å². The van der Waals surface area contributed by atoms with Crippen LogP contribution < -0.4 is 5.32 Å². The predicted molar refractivity (Wildman–Crippen MR) is 110 cm³/mol. The van der Waals surface area contributed by atoms with E-state index in [1.807, 2.05) is 50.1 Å². The number of piperidine rings is 1. The molecule has 0 spiro atoms. The Balaban J connectivity index is 0.00000261. The van der Waals surface area contributed by atoms with Crippen molar-refractivity contribution < 1.29 is 4.79 Å². The molecule has 1 aromatic carbocycles. The lowest BCUT2D eigenvalue weighted by atomic mass is 9.98. The highest BCUT2D eigenvalue weighted by Crippen LogP contribution is 2.24. The van der Waals surface area contributed by atoms with E-state index in [2.05, 4.69) is 15.4 Å². The molecule has 1 atom stereocenters. The highest BCUT2D eigenvalue weighted by atomic mass is 35.5. The van der Waals surface area contributed by atoms with Gasteiger partial charge in [-0.05, 0) is 44.5 Å². The van der Waals surface area contributed by atoms with Gasteiger partial charge in [0.2, 0.25) is 5.82 Å². The van der Waals surface area contributed by atoms with Crippen molar-refractivity contribution in [3.63, 3.8) is 0 Å². The lowest BCUT2D eigenvalue weighted by Crippen LogP contribution is -2.42. The fraction of sp³-hybridized carbons (Fsp3) is 0.526. The number of benzene rings is 1. The van der Waals surface area contributed by atoms with Gasteiger partial charge in [0.05, 0.1) is 10.7 Å². The number of carbonyl (C=O) groups is 1. The first kappa shape index (κ1) is 21.7. The summed E-state index contributed by atoms with van der Waals surface area (Å²) in [6.45, 7) is 6.50. The second-order valence-corrected chi connectivity index (χ2v) is 7.54. The molecule has 1 aliphatic heterocycles. The number of halogens is 2. The molecule has 8 heteroatoms. The van der Waals surface area contributed by atoms with Crippen molar-refractivity contribution in [3.8, 4) is 5.69 Å². The van der Waals surface area contributed by atoms with Gasteiger partial charge in [-0.1, -0.05) is 37.6 Å². The van der Waals surface area contributed by atoms with Crippen LogP contribution in [0.3, 0.4) is 0 Å². The van der Waals surface area contributed by atoms with E-state index in [9.17, 15) is 4.79 Å². The predicted octanol–water partition coefficient (Wildman–Crippen LogP) is 3.54. The van der Waals surface area contributed by atoms with Crippen molar-refractivity contribution >= 4 is 29.9 Å². The van der Waals surface area contributed by atoms with Crippen LogP contribution in [0.4, 0.5) is 0 Å². The van der Waals surface area contributed by atoms with Crippen molar-refractivity contribution in [3.05, 3.63) is 40.9 Å². The second kappa shape index (κ2) is 9.53. The summed E-state index contributed by atoms with van der Waals surface area (Å²) < 4.78 is 1.70. The van der Waals surface area contributed by atoms with Crippen molar-refractivity contribution in [2.45, 2.75) is 32.6 Å². The van der Waals surface area contributed by atoms with Gasteiger partial charge in [-0.25, -0.2) is 9.67 Å². The SMILES string of the molecule is CNCC1CCCN(C(=O)c2nc(C(C)C)n(-c3ccccc3Cl)n2)C1.Cl. The number of hydrogen-bond acceptors (Lipinski definition) is 4. The van der Waals surface area contributed by atoms with Crippen LogP contribution >= 0.6 is 24.0 Å². The standard InChI is InChI=1S/C19H26ClN5O.ClH/c1-13(2)18-22-17(23-25(18)16-9-5-4-8-15(16)20)19(26)24-10-6-7-14(12-24)11-21-3;/h4-5,8-9,13-14,21H,6-7,10-12H2,1-3H3;1H. The summed E-state index contributed by atoms with van der Waals surface area (Å²) in [6.07, 6.45) is 2.16. The Bertz CT molecular complexity index is 775. The summed E-state index contributed by atoms with van der Waals surface area (Å²) >= 11 is 6.34. The molecule has 27 heavy (non-hydrogen) atoms. The molecule has 1 fully saturated rings. The van der Waals surface area contributed by atoms with E-state index >= 15 is 0 Å². The Hall–Kier alpha value is -1.63. The zero-order valence-corrected chi connectivity index (χ0v) is 17.6. The van der Waals surface area contributed by atoms with Crippen molar-refractivity contribution in [2.24, 2.45) is 5.92 Å². The maximum absolute atomic E-state index is 13.0. The molecule has 0 radical (unpaired) electrons. The van der Waals surface area contributed by atoms with E-state index in [-0.39, 0.29) is 30.1 Å². The molecule has 6 nitrogen and oxygen atoms in total. The normalized spacial score (nSPS) is 17.1. The Morgan fingerprint density at radius 3 is 2.78 bits per heavy atom. The molecule has 2 aromatic rings. The number of likely N-dealkylation sites (tertiary alicyclic amines) is 1.